The van der Waals surface area contributed by atoms with Crippen LogP contribution in [0.2, 0.25) is 0 Å². The molecule has 0 aromatic heterocycles. The smallest absolute Gasteiger partial charge is 0.262 e. The molecule has 142 valence electrons. The van der Waals surface area contributed by atoms with E-state index in [1.165, 1.54) is 14.2 Å². The van der Waals surface area contributed by atoms with Gasteiger partial charge in [0.2, 0.25) is 0 Å². The summed E-state index contributed by atoms with van der Waals surface area (Å²) in [6.45, 7) is 5.72. The van der Waals surface area contributed by atoms with Gasteiger partial charge in [-0.1, -0.05) is 13.8 Å². The van der Waals surface area contributed by atoms with Gasteiger partial charge >= 0.3 is 0 Å². The van der Waals surface area contributed by atoms with Gasteiger partial charge < -0.3 is 14.2 Å². The maximum absolute atomic E-state index is 13.0. The zero-order valence-electron chi connectivity index (χ0n) is 15.9. The van der Waals surface area contributed by atoms with Crippen LogP contribution in [0.3, 0.4) is 0 Å². The van der Waals surface area contributed by atoms with E-state index in [0.717, 1.165) is 5.56 Å². The van der Waals surface area contributed by atoms with E-state index in [1.807, 2.05) is 13.8 Å². The largest absolute Gasteiger partial charge is 0.497 e. The summed E-state index contributed by atoms with van der Waals surface area (Å²) in [5.41, 5.74) is 1.78. The van der Waals surface area contributed by atoms with Crippen molar-refractivity contribution >= 4 is 15.7 Å². The molecule has 0 fully saturated rings. The zero-order chi connectivity index (χ0) is 19.5. The molecule has 1 N–H and O–H groups in total. The van der Waals surface area contributed by atoms with Gasteiger partial charge in [-0.2, -0.15) is 0 Å². The average Bonchev–Trinajstić information content (AvgIpc) is 2.60. The SMILES string of the molecule is COc1ccc(NS(=O)(=O)c2cc(C(C)C)c(OC)cc2C)c(OC)c1. The van der Waals surface area contributed by atoms with Crippen molar-refractivity contribution in [2.45, 2.75) is 31.6 Å². The van der Waals surface area contributed by atoms with Crippen LogP contribution in [0.25, 0.3) is 0 Å². The van der Waals surface area contributed by atoms with Crippen molar-refractivity contribution in [1.82, 2.24) is 0 Å². The molecule has 2 aromatic rings. The molecule has 0 heterocycles. The van der Waals surface area contributed by atoms with Gasteiger partial charge in [-0.05, 0) is 48.2 Å². The van der Waals surface area contributed by atoms with Crippen LogP contribution in [0.1, 0.15) is 30.9 Å². The molecule has 0 atom stereocenters. The number of ether oxygens (including phenoxy) is 3. The number of methoxy groups -OCH3 is 3. The van der Waals surface area contributed by atoms with E-state index in [0.29, 0.717) is 28.5 Å². The lowest BCUT2D eigenvalue weighted by Gasteiger charge is -2.18. The molecule has 0 saturated heterocycles. The number of nitrogens with one attached hydrogen (secondary N) is 1. The molecule has 0 unspecified atom stereocenters. The standard InChI is InChI=1S/C19H25NO5S/c1-12(2)15-11-19(13(3)9-17(15)24-5)26(21,22)20-16-8-7-14(23-4)10-18(16)25-6/h7-12,20H,1-6H3. The molecule has 0 radical (unpaired) electrons. The van der Waals surface area contributed by atoms with Crippen LogP contribution >= 0.6 is 0 Å². The van der Waals surface area contributed by atoms with E-state index in [1.54, 1.807) is 44.4 Å². The molecule has 26 heavy (non-hydrogen) atoms. The van der Waals surface area contributed by atoms with Crippen LogP contribution in [0, 0.1) is 6.92 Å². The lowest BCUT2D eigenvalue weighted by Crippen LogP contribution is -2.16. The number of rotatable bonds is 7. The Labute approximate surface area is 155 Å². The van der Waals surface area contributed by atoms with Gasteiger partial charge in [-0.15, -0.1) is 0 Å². The Bertz CT molecular complexity index is 891. The number of sulfonamides is 1. The van der Waals surface area contributed by atoms with Crippen molar-refractivity contribution in [3.05, 3.63) is 41.5 Å². The molecule has 0 aliphatic heterocycles. The highest BCUT2D eigenvalue weighted by atomic mass is 32.2. The van der Waals surface area contributed by atoms with E-state index in [9.17, 15) is 8.42 Å². The first-order chi connectivity index (χ1) is 12.2. The first-order valence-electron chi connectivity index (χ1n) is 8.16. The Kier molecular flexibility index (Phi) is 6.02. The Morgan fingerprint density at radius 1 is 0.923 bits per heavy atom. The summed E-state index contributed by atoms with van der Waals surface area (Å²) in [5.74, 6) is 1.75. The van der Waals surface area contributed by atoms with Gasteiger partial charge in [0.25, 0.3) is 10.0 Å². The summed E-state index contributed by atoms with van der Waals surface area (Å²) in [5, 5.41) is 0. The maximum Gasteiger partial charge on any atom is 0.262 e. The van der Waals surface area contributed by atoms with Crippen LogP contribution in [0.5, 0.6) is 17.2 Å². The van der Waals surface area contributed by atoms with Crippen molar-refractivity contribution in [3.8, 4) is 17.2 Å². The van der Waals surface area contributed by atoms with Gasteiger partial charge in [0.1, 0.15) is 17.2 Å². The number of benzene rings is 2. The maximum atomic E-state index is 13.0. The molecule has 0 saturated carbocycles. The van der Waals surface area contributed by atoms with Crippen LogP contribution in [0.4, 0.5) is 5.69 Å². The quantitative estimate of drug-likeness (QED) is 0.789. The summed E-state index contributed by atoms with van der Waals surface area (Å²) in [7, 11) is 0.784. The van der Waals surface area contributed by atoms with Crippen molar-refractivity contribution in [3.63, 3.8) is 0 Å². The number of anilines is 1. The Morgan fingerprint density at radius 2 is 1.58 bits per heavy atom. The van der Waals surface area contributed by atoms with Gasteiger partial charge in [0.05, 0.1) is 31.9 Å². The second-order valence-corrected chi connectivity index (χ2v) is 7.84. The first kappa shape index (κ1) is 19.9. The predicted molar refractivity (Wildman–Crippen MR) is 102 cm³/mol. The van der Waals surface area contributed by atoms with E-state index < -0.39 is 10.0 Å². The lowest BCUT2D eigenvalue weighted by atomic mass is 10.0. The zero-order valence-corrected chi connectivity index (χ0v) is 16.7. The Morgan fingerprint density at radius 3 is 2.12 bits per heavy atom. The van der Waals surface area contributed by atoms with E-state index in [-0.39, 0.29) is 10.8 Å². The van der Waals surface area contributed by atoms with Crippen LogP contribution in [-0.2, 0) is 10.0 Å². The Hall–Kier alpha value is -2.41. The number of hydrogen-bond donors (Lipinski definition) is 1. The third-order valence-corrected chi connectivity index (χ3v) is 5.60. The number of hydrogen-bond acceptors (Lipinski definition) is 5. The monoisotopic (exact) mass is 379 g/mol. The normalized spacial score (nSPS) is 11.3. The summed E-state index contributed by atoms with van der Waals surface area (Å²) >= 11 is 0. The summed E-state index contributed by atoms with van der Waals surface area (Å²) in [4.78, 5) is 0.208. The molecule has 0 bridgehead atoms. The Balaban J connectivity index is 2.50. The molecule has 0 aliphatic rings. The van der Waals surface area contributed by atoms with Crippen molar-refractivity contribution in [2.24, 2.45) is 0 Å². The topological polar surface area (TPSA) is 73.9 Å². The fourth-order valence-corrected chi connectivity index (χ4v) is 4.01. The molecule has 2 aromatic carbocycles. The van der Waals surface area contributed by atoms with Crippen molar-refractivity contribution < 1.29 is 22.6 Å². The van der Waals surface area contributed by atoms with Gasteiger partial charge in [0.15, 0.2) is 0 Å². The van der Waals surface area contributed by atoms with Crippen molar-refractivity contribution in [1.29, 1.82) is 0 Å². The summed E-state index contributed by atoms with van der Waals surface area (Å²) < 4.78 is 44.4. The third-order valence-electron chi connectivity index (χ3n) is 4.09. The third kappa shape index (κ3) is 4.04. The molecule has 7 heteroatoms. The van der Waals surface area contributed by atoms with Crippen molar-refractivity contribution in [2.75, 3.05) is 26.1 Å². The highest BCUT2D eigenvalue weighted by Crippen LogP contribution is 2.34. The molecular formula is C19H25NO5S. The van der Waals surface area contributed by atoms with Crippen LogP contribution < -0.4 is 18.9 Å². The summed E-state index contributed by atoms with van der Waals surface area (Å²) in [6, 6.07) is 8.31. The molecule has 0 aliphatic carbocycles. The van der Waals surface area contributed by atoms with Gasteiger partial charge in [-0.25, -0.2) is 8.42 Å². The second kappa shape index (κ2) is 7.86. The minimum atomic E-state index is -3.80. The first-order valence-corrected chi connectivity index (χ1v) is 9.65. The van der Waals surface area contributed by atoms with Crippen LogP contribution in [-0.4, -0.2) is 29.7 Å². The van der Waals surface area contributed by atoms with E-state index >= 15 is 0 Å². The fraction of sp³-hybridized carbons (Fsp3) is 0.368. The fourth-order valence-electron chi connectivity index (χ4n) is 2.68. The van der Waals surface area contributed by atoms with Gasteiger partial charge in [0, 0.05) is 6.07 Å². The minimum Gasteiger partial charge on any atom is -0.497 e. The highest BCUT2D eigenvalue weighted by Gasteiger charge is 2.22. The van der Waals surface area contributed by atoms with Gasteiger partial charge in [-0.3, -0.25) is 4.72 Å². The number of aryl methyl sites for hydroxylation is 1. The summed E-state index contributed by atoms with van der Waals surface area (Å²) in [6.07, 6.45) is 0. The second-order valence-electron chi connectivity index (χ2n) is 6.19. The molecule has 0 spiro atoms. The van der Waals surface area contributed by atoms with Crippen LogP contribution in [0.15, 0.2) is 35.2 Å². The molecule has 2 rings (SSSR count). The highest BCUT2D eigenvalue weighted by molar-refractivity contribution is 7.92. The predicted octanol–water partition coefficient (Wildman–Crippen LogP) is 3.95. The molecule has 0 amide bonds. The van der Waals surface area contributed by atoms with E-state index in [2.05, 4.69) is 4.72 Å². The molecular weight excluding hydrogens is 354 g/mol. The lowest BCUT2D eigenvalue weighted by molar-refractivity contribution is 0.395. The van der Waals surface area contributed by atoms with E-state index in [4.69, 9.17) is 14.2 Å². The average molecular weight is 379 g/mol. The minimum absolute atomic E-state index is 0.120. The molecule has 6 nitrogen and oxygen atoms in total.